The highest BCUT2D eigenvalue weighted by molar-refractivity contribution is 7.89. The van der Waals surface area contributed by atoms with Crippen LogP contribution in [0.2, 0.25) is 0 Å². The fourth-order valence-corrected chi connectivity index (χ4v) is 2.75. The van der Waals surface area contributed by atoms with Crippen molar-refractivity contribution >= 4 is 22.4 Å². The Labute approximate surface area is 116 Å². The Morgan fingerprint density at radius 1 is 1.37 bits per heavy atom. The molecule has 1 atom stereocenters. The normalized spacial score (nSPS) is 12.8. The van der Waals surface area contributed by atoms with Gasteiger partial charge >= 0.3 is 5.69 Å². The molecule has 0 unspecified atom stereocenters. The summed E-state index contributed by atoms with van der Waals surface area (Å²) in [6.45, 7) is 1.68. The molecular formula is C9H17ClN4O4S. The summed E-state index contributed by atoms with van der Waals surface area (Å²) in [6.07, 6.45) is 0.996. The molecule has 8 nitrogen and oxygen atoms in total. The number of nitrogens with zero attached hydrogens (tertiary/aromatic N) is 2. The number of nitrogens with two attached hydrogens (primary N) is 1. The summed E-state index contributed by atoms with van der Waals surface area (Å²) in [6, 6.07) is -0.503. The highest BCUT2D eigenvalue weighted by Gasteiger charge is 2.22. The van der Waals surface area contributed by atoms with Crippen molar-refractivity contribution in [1.29, 1.82) is 0 Å². The fraction of sp³-hybridized carbons (Fsp3) is 0.556. The van der Waals surface area contributed by atoms with Crippen molar-refractivity contribution in [2.75, 3.05) is 6.54 Å². The predicted molar refractivity (Wildman–Crippen MR) is 73.0 cm³/mol. The Morgan fingerprint density at radius 2 is 1.89 bits per heavy atom. The molecule has 0 aromatic carbocycles. The fourth-order valence-electron chi connectivity index (χ4n) is 1.34. The van der Waals surface area contributed by atoms with Crippen molar-refractivity contribution in [2.24, 2.45) is 19.8 Å². The van der Waals surface area contributed by atoms with Crippen LogP contribution in [0.4, 0.5) is 0 Å². The molecule has 1 heterocycles. The van der Waals surface area contributed by atoms with Crippen LogP contribution >= 0.6 is 12.4 Å². The molecule has 110 valence electrons. The molecule has 3 N–H and O–H groups in total. The van der Waals surface area contributed by atoms with Gasteiger partial charge in [0, 0.05) is 32.9 Å². The lowest BCUT2D eigenvalue weighted by atomic mass is 10.4. The summed E-state index contributed by atoms with van der Waals surface area (Å²) in [5.74, 6) is 0. The molecule has 1 aromatic heterocycles. The van der Waals surface area contributed by atoms with Crippen LogP contribution in [0, 0.1) is 0 Å². The number of aryl methyl sites for hydroxylation is 1. The lowest BCUT2D eigenvalue weighted by Crippen LogP contribution is -2.44. The summed E-state index contributed by atoms with van der Waals surface area (Å²) < 4.78 is 27.9. The van der Waals surface area contributed by atoms with Crippen LogP contribution in [-0.4, -0.2) is 30.1 Å². The van der Waals surface area contributed by atoms with Gasteiger partial charge in [0.1, 0.15) is 0 Å². The van der Waals surface area contributed by atoms with E-state index < -0.39 is 32.2 Å². The van der Waals surface area contributed by atoms with Crippen molar-refractivity contribution in [1.82, 2.24) is 13.9 Å². The first-order valence-corrected chi connectivity index (χ1v) is 6.68. The van der Waals surface area contributed by atoms with Crippen LogP contribution in [0.15, 0.2) is 20.7 Å². The Hall–Kier alpha value is -1.16. The molecule has 1 rings (SSSR count). The Morgan fingerprint density at radius 3 is 2.37 bits per heavy atom. The number of hydrogen-bond donors (Lipinski definition) is 2. The summed E-state index contributed by atoms with van der Waals surface area (Å²) in [5, 5.41) is 0. The van der Waals surface area contributed by atoms with Crippen molar-refractivity contribution < 1.29 is 8.42 Å². The number of nitrogens with one attached hydrogen (secondary N) is 1. The second kappa shape index (κ2) is 6.33. The zero-order valence-electron chi connectivity index (χ0n) is 10.8. The third-order valence-corrected chi connectivity index (χ3v) is 3.99. The summed E-state index contributed by atoms with van der Waals surface area (Å²) in [4.78, 5) is 22.7. The van der Waals surface area contributed by atoms with Crippen LogP contribution in [0.5, 0.6) is 0 Å². The van der Waals surface area contributed by atoms with E-state index in [1.165, 1.54) is 14.1 Å². The molecule has 0 aliphatic rings. The molecule has 0 amide bonds. The number of halogens is 1. The number of hydrogen-bond acceptors (Lipinski definition) is 5. The monoisotopic (exact) mass is 312 g/mol. The molecule has 10 heteroatoms. The molecule has 19 heavy (non-hydrogen) atoms. The van der Waals surface area contributed by atoms with Gasteiger partial charge in [-0.2, -0.15) is 0 Å². The number of sulfonamides is 1. The molecule has 0 aliphatic carbocycles. The quantitative estimate of drug-likeness (QED) is 0.676. The van der Waals surface area contributed by atoms with E-state index in [9.17, 15) is 18.0 Å². The lowest BCUT2D eigenvalue weighted by Gasteiger charge is -2.12. The van der Waals surface area contributed by atoms with Gasteiger partial charge in [-0.1, -0.05) is 0 Å². The minimum absolute atomic E-state index is 0. The average molecular weight is 313 g/mol. The maximum atomic E-state index is 11.9. The zero-order valence-corrected chi connectivity index (χ0v) is 12.4. The summed E-state index contributed by atoms with van der Waals surface area (Å²) in [7, 11) is -1.40. The van der Waals surface area contributed by atoms with Gasteiger partial charge in [-0.3, -0.25) is 9.36 Å². The predicted octanol–water partition coefficient (Wildman–Crippen LogP) is -1.87. The maximum Gasteiger partial charge on any atom is 0.330 e. The van der Waals surface area contributed by atoms with Crippen LogP contribution in [-0.2, 0) is 24.1 Å². The van der Waals surface area contributed by atoms with Gasteiger partial charge in [-0.15, -0.1) is 12.4 Å². The van der Waals surface area contributed by atoms with Gasteiger partial charge in [-0.05, 0) is 6.92 Å². The topological polar surface area (TPSA) is 116 Å². The SMILES string of the molecule is C[C@H](CN)NS(=O)(=O)c1cn(C)c(=O)n(C)c1=O.Cl. The molecule has 1 aromatic rings. The first kappa shape index (κ1) is 17.8. The molecule has 0 aliphatic heterocycles. The van der Waals surface area contributed by atoms with E-state index in [1.807, 2.05) is 0 Å². The van der Waals surface area contributed by atoms with Crippen LogP contribution in [0.3, 0.4) is 0 Å². The minimum Gasteiger partial charge on any atom is -0.329 e. The van der Waals surface area contributed by atoms with Gasteiger partial charge in [0.25, 0.3) is 5.56 Å². The van der Waals surface area contributed by atoms with Gasteiger partial charge in [0.2, 0.25) is 10.0 Å². The van der Waals surface area contributed by atoms with E-state index in [-0.39, 0.29) is 19.0 Å². The largest absolute Gasteiger partial charge is 0.330 e. The summed E-state index contributed by atoms with van der Waals surface area (Å²) >= 11 is 0. The van der Waals surface area contributed by atoms with E-state index in [4.69, 9.17) is 5.73 Å². The number of aromatic nitrogens is 2. The maximum absolute atomic E-state index is 11.9. The molecule has 0 fully saturated rings. The van der Waals surface area contributed by atoms with E-state index >= 15 is 0 Å². The molecule has 0 saturated carbocycles. The average Bonchev–Trinajstić information content (AvgIpc) is 2.30. The van der Waals surface area contributed by atoms with Crippen LogP contribution in [0.1, 0.15) is 6.92 Å². The highest BCUT2D eigenvalue weighted by atomic mass is 35.5. The number of rotatable bonds is 4. The Kier molecular flexibility index (Phi) is 5.94. The lowest BCUT2D eigenvalue weighted by molar-refractivity contribution is 0.554. The second-order valence-electron chi connectivity index (χ2n) is 4.01. The first-order valence-electron chi connectivity index (χ1n) is 5.19. The van der Waals surface area contributed by atoms with E-state index in [2.05, 4.69) is 4.72 Å². The molecule has 0 spiro atoms. The first-order chi connectivity index (χ1) is 8.20. The summed E-state index contributed by atoms with van der Waals surface area (Å²) in [5.41, 5.74) is 3.86. The van der Waals surface area contributed by atoms with E-state index in [0.29, 0.717) is 0 Å². The van der Waals surface area contributed by atoms with Crippen molar-refractivity contribution in [3.8, 4) is 0 Å². The van der Waals surface area contributed by atoms with E-state index in [1.54, 1.807) is 6.92 Å². The Bertz CT molecular complexity index is 664. The minimum atomic E-state index is -3.99. The highest BCUT2D eigenvalue weighted by Crippen LogP contribution is 2.00. The zero-order chi connectivity index (χ0) is 14.1. The van der Waals surface area contributed by atoms with Gasteiger partial charge in [-0.25, -0.2) is 17.9 Å². The third-order valence-electron chi connectivity index (χ3n) is 2.41. The third kappa shape index (κ3) is 3.66. The van der Waals surface area contributed by atoms with Gasteiger partial charge in [0.15, 0.2) is 4.90 Å². The smallest absolute Gasteiger partial charge is 0.329 e. The van der Waals surface area contributed by atoms with Crippen LogP contribution in [0.25, 0.3) is 0 Å². The molecule has 0 saturated heterocycles. The second-order valence-corrected chi connectivity index (χ2v) is 5.69. The molecule has 0 bridgehead atoms. The van der Waals surface area contributed by atoms with Gasteiger partial charge in [0.05, 0.1) is 0 Å². The van der Waals surface area contributed by atoms with Crippen molar-refractivity contribution in [3.05, 3.63) is 27.0 Å². The van der Waals surface area contributed by atoms with Crippen molar-refractivity contribution in [3.63, 3.8) is 0 Å². The standard InChI is InChI=1S/C9H16N4O4S.ClH/c1-6(4-10)11-18(16,17)7-5-12(2)9(15)13(3)8(7)14;/h5-6,11H,4,10H2,1-3H3;1H/t6-;/m1./s1. The van der Waals surface area contributed by atoms with Gasteiger partial charge < -0.3 is 10.3 Å². The van der Waals surface area contributed by atoms with Crippen LogP contribution < -0.4 is 21.7 Å². The van der Waals surface area contributed by atoms with Crippen molar-refractivity contribution in [2.45, 2.75) is 17.9 Å². The molecular weight excluding hydrogens is 296 g/mol. The molecule has 0 radical (unpaired) electrons. The van der Waals surface area contributed by atoms with E-state index in [0.717, 1.165) is 15.3 Å². The Balaban J connectivity index is 0.00000324.